The lowest BCUT2D eigenvalue weighted by Crippen LogP contribution is -2.36. The maximum Gasteiger partial charge on any atom is 0.416 e. The Hall–Kier alpha value is -1.93. The van der Waals surface area contributed by atoms with E-state index in [0.29, 0.717) is 6.07 Å². The van der Waals surface area contributed by atoms with Crippen molar-refractivity contribution in [1.82, 2.24) is 14.9 Å². The molecule has 0 aliphatic rings. The molecule has 0 spiro atoms. The second-order valence-corrected chi connectivity index (χ2v) is 8.66. The Kier molecular flexibility index (Phi) is 9.69. The molecule has 2 rings (SSSR count). The van der Waals surface area contributed by atoms with Crippen LogP contribution in [0.25, 0.3) is 0 Å². The lowest BCUT2D eigenvalue weighted by Gasteiger charge is -2.16. The molecule has 172 valence electrons. The van der Waals surface area contributed by atoms with Crippen molar-refractivity contribution >= 4 is 40.0 Å². The van der Waals surface area contributed by atoms with Gasteiger partial charge in [0.25, 0.3) is 0 Å². The van der Waals surface area contributed by atoms with Gasteiger partial charge in [0, 0.05) is 34.2 Å². The van der Waals surface area contributed by atoms with Crippen LogP contribution in [0.2, 0.25) is 0 Å². The van der Waals surface area contributed by atoms with E-state index in [4.69, 9.17) is 0 Å². The van der Waals surface area contributed by atoms with Crippen molar-refractivity contribution in [2.24, 2.45) is 4.99 Å². The molecule has 0 bridgehead atoms. The zero-order valence-electron chi connectivity index (χ0n) is 17.0. The Morgan fingerprint density at radius 2 is 1.61 bits per heavy atom. The van der Waals surface area contributed by atoms with Crippen molar-refractivity contribution in [3.63, 3.8) is 0 Å². The molecule has 0 saturated heterocycles. The van der Waals surface area contributed by atoms with E-state index in [1.807, 2.05) is 0 Å². The first-order valence-corrected chi connectivity index (χ1v) is 10.2. The third kappa shape index (κ3) is 7.31. The Balaban J connectivity index is 0.00000480. The molecule has 2 aromatic rings. The predicted molar refractivity (Wildman–Crippen MR) is 121 cm³/mol. The molecule has 12 heteroatoms. The molecule has 0 unspecified atom stereocenters. The standard InChI is InChI=1S/C19H22F4N4O2S.HI/c1-24-18(26-12-14-6-7-15(20)10-17(14)19(21,22)23)25-11-13-4-8-16(9-5-13)30(28,29)27(2)3;/h4-10H,11-12H2,1-3H3,(H2,24,25,26);1H. The molecule has 2 aromatic carbocycles. The summed E-state index contributed by atoms with van der Waals surface area (Å²) >= 11 is 0. The van der Waals surface area contributed by atoms with Gasteiger partial charge in [0.05, 0.1) is 10.5 Å². The Labute approximate surface area is 195 Å². The van der Waals surface area contributed by atoms with Gasteiger partial charge in [0.1, 0.15) is 5.82 Å². The van der Waals surface area contributed by atoms with E-state index in [-0.39, 0.29) is 53.5 Å². The van der Waals surface area contributed by atoms with Crippen LogP contribution in [-0.2, 0) is 29.3 Å². The van der Waals surface area contributed by atoms with E-state index in [9.17, 15) is 26.0 Å². The number of rotatable bonds is 6. The average molecular weight is 574 g/mol. The quantitative estimate of drug-likeness (QED) is 0.240. The number of hydrogen-bond donors (Lipinski definition) is 2. The van der Waals surface area contributed by atoms with Gasteiger partial charge in [-0.2, -0.15) is 13.2 Å². The SMILES string of the molecule is CN=C(NCc1ccc(S(=O)(=O)N(C)C)cc1)NCc1ccc(F)cc1C(F)(F)F.I. The topological polar surface area (TPSA) is 73.8 Å². The summed E-state index contributed by atoms with van der Waals surface area (Å²) in [6, 6.07) is 8.68. The van der Waals surface area contributed by atoms with Gasteiger partial charge < -0.3 is 10.6 Å². The number of sulfonamides is 1. The molecular weight excluding hydrogens is 551 g/mol. The molecular formula is C19H23F4IN4O2S. The van der Waals surface area contributed by atoms with Gasteiger partial charge in [-0.1, -0.05) is 18.2 Å². The molecule has 2 N–H and O–H groups in total. The average Bonchev–Trinajstić information content (AvgIpc) is 2.68. The fourth-order valence-electron chi connectivity index (χ4n) is 2.54. The number of hydrogen-bond acceptors (Lipinski definition) is 3. The lowest BCUT2D eigenvalue weighted by atomic mass is 10.1. The third-order valence-electron chi connectivity index (χ3n) is 4.21. The van der Waals surface area contributed by atoms with Crippen LogP contribution in [0.5, 0.6) is 0 Å². The first kappa shape index (κ1) is 27.1. The highest BCUT2D eigenvalue weighted by Gasteiger charge is 2.33. The summed E-state index contributed by atoms with van der Waals surface area (Å²) in [5.74, 6) is -0.731. The van der Waals surface area contributed by atoms with Crippen LogP contribution >= 0.6 is 24.0 Å². The van der Waals surface area contributed by atoms with E-state index in [1.165, 1.54) is 33.3 Å². The highest BCUT2D eigenvalue weighted by Crippen LogP contribution is 2.32. The molecule has 0 radical (unpaired) electrons. The number of nitrogens with zero attached hydrogens (tertiary/aromatic N) is 2. The van der Waals surface area contributed by atoms with E-state index in [0.717, 1.165) is 22.0 Å². The number of benzene rings is 2. The molecule has 0 atom stereocenters. The van der Waals surface area contributed by atoms with Gasteiger partial charge in [-0.15, -0.1) is 24.0 Å². The first-order valence-electron chi connectivity index (χ1n) is 8.76. The van der Waals surface area contributed by atoms with Crippen molar-refractivity contribution in [3.05, 3.63) is 65.0 Å². The van der Waals surface area contributed by atoms with Crippen LogP contribution in [0.3, 0.4) is 0 Å². The minimum absolute atomic E-state index is 0. The Morgan fingerprint density at radius 3 is 2.13 bits per heavy atom. The zero-order valence-corrected chi connectivity index (χ0v) is 20.1. The Morgan fingerprint density at radius 1 is 1.03 bits per heavy atom. The minimum atomic E-state index is -4.68. The van der Waals surface area contributed by atoms with E-state index >= 15 is 0 Å². The van der Waals surface area contributed by atoms with Crippen molar-refractivity contribution in [3.8, 4) is 0 Å². The number of aliphatic imine (C=N–C) groups is 1. The van der Waals surface area contributed by atoms with Crippen LogP contribution in [0.4, 0.5) is 17.6 Å². The van der Waals surface area contributed by atoms with Gasteiger partial charge in [0.2, 0.25) is 10.0 Å². The summed E-state index contributed by atoms with van der Waals surface area (Å²) in [6.07, 6.45) is -4.68. The van der Waals surface area contributed by atoms with Crippen molar-refractivity contribution in [2.75, 3.05) is 21.1 Å². The molecule has 0 amide bonds. The predicted octanol–water partition coefficient (Wildman–Crippen LogP) is 3.58. The number of halogens is 5. The van der Waals surface area contributed by atoms with Crippen molar-refractivity contribution in [2.45, 2.75) is 24.2 Å². The fraction of sp³-hybridized carbons (Fsp3) is 0.316. The highest BCUT2D eigenvalue weighted by molar-refractivity contribution is 14.0. The van der Waals surface area contributed by atoms with Gasteiger partial charge >= 0.3 is 6.18 Å². The molecule has 0 aliphatic heterocycles. The summed E-state index contributed by atoms with van der Waals surface area (Å²) in [6.45, 7) is 0.0479. The maximum absolute atomic E-state index is 13.2. The van der Waals surface area contributed by atoms with Crippen molar-refractivity contribution < 1.29 is 26.0 Å². The van der Waals surface area contributed by atoms with Crippen LogP contribution in [0.15, 0.2) is 52.4 Å². The van der Waals surface area contributed by atoms with E-state index < -0.39 is 27.6 Å². The second-order valence-electron chi connectivity index (χ2n) is 6.51. The largest absolute Gasteiger partial charge is 0.416 e. The lowest BCUT2D eigenvalue weighted by molar-refractivity contribution is -0.138. The fourth-order valence-corrected chi connectivity index (χ4v) is 3.44. The number of nitrogens with one attached hydrogen (secondary N) is 2. The summed E-state index contributed by atoms with van der Waals surface area (Å²) in [4.78, 5) is 4.09. The smallest absolute Gasteiger partial charge is 0.352 e. The van der Waals surface area contributed by atoms with Gasteiger partial charge in [0.15, 0.2) is 5.96 Å². The molecule has 0 heterocycles. The van der Waals surface area contributed by atoms with Crippen LogP contribution in [0, 0.1) is 5.82 Å². The molecule has 0 aliphatic carbocycles. The molecule has 0 fully saturated rings. The number of alkyl halides is 3. The number of guanidine groups is 1. The van der Waals surface area contributed by atoms with Crippen molar-refractivity contribution in [1.29, 1.82) is 0 Å². The summed E-state index contributed by atoms with van der Waals surface area (Å²) in [5, 5.41) is 5.68. The summed E-state index contributed by atoms with van der Waals surface area (Å²) in [7, 11) is 0.799. The van der Waals surface area contributed by atoms with Gasteiger partial charge in [-0.3, -0.25) is 4.99 Å². The molecule has 6 nitrogen and oxygen atoms in total. The van der Waals surface area contributed by atoms with Crippen LogP contribution in [0.1, 0.15) is 16.7 Å². The third-order valence-corrected chi connectivity index (χ3v) is 6.04. The van der Waals surface area contributed by atoms with Gasteiger partial charge in [-0.25, -0.2) is 17.1 Å². The van der Waals surface area contributed by atoms with Crippen LogP contribution in [-0.4, -0.2) is 39.8 Å². The Bertz CT molecular complexity index is 1010. The van der Waals surface area contributed by atoms with E-state index in [2.05, 4.69) is 15.6 Å². The summed E-state index contributed by atoms with van der Waals surface area (Å²) in [5.41, 5.74) is -0.429. The highest BCUT2D eigenvalue weighted by atomic mass is 127. The normalized spacial score (nSPS) is 12.5. The van der Waals surface area contributed by atoms with Crippen LogP contribution < -0.4 is 10.6 Å². The maximum atomic E-state index is 13.2. The minimum Gasteiger partial charge on any atom is -0.352 e. The molecule has 0 saturated carbocycles. The first-order chi connectivity index (χ1) is 13.9. The summed E-state index contributed by atoms with van der Waals surface area (Å²) < 4.78 is 77.7. The molecule has 31 heavy (non-hydrogen) atoms. The van der Waals surface area contributed by atoms with E-state index in [1.54, 1.807) is 12.1 Å². The second kappa shape index (κ2) is 11.1. The van der Waals surface area contributed by atoms with Gasteiger partial charge in [-0.05, 0) is 35.4 Å². The molecule has 0 aromatic heterocycles. The monoisotopic (exact) mass is 574 g/mol. The zero-order chi connectivity index (χ0) is 22.5.